The number of anilines is 1. The number of ether oxygens (including phenoxy) is 1. The second-order valence-corrected chi connectivity index (χ2v) is 4.81. The van der Waals surface area contributed by atoms with Crippen LogP contribution in [0.3, 0.4) is 0 Å². The molecular formula is C14H22N2O2. The van der Waals surface area contributed by atoms with E-state index in [1.165, 1.54) is 0 Å². The summed E-state index contributed by atoms with van der Waals surface area (Å²) in [5.41, 5.74) is 1.87. The summed E-state index contributed by atoms with van der Waals surface area (Å²) in [6.07, 6.45) is 4.70. The molecule has 1 saturated heterocycles. The van der Waals surface area contributed by atoms with Crippen LogP contribution in [0.2, 0.25) is 0 Å². The fourth-order valence-corrected chi connectivity index (χ4v) is 2.36. The van der Waals surface area contributed by atoms with Gasteiger partial charge in [0.15, 0.2) is 0 Å². The maximum atomic E-state index is 9.71. The molecule has 1 aliphatic rings. The van der Waals surface area contributed by atoms with E-state index in [0.29, 0.717) is 12.5 Å². The number of pyridine rings is 1. The quantitative estimate of drug-likeness (QED) is 0.889. The van der Waals surface area contributed by atoms with Gasteiger partial charge in [-0.3, -0.25) is 4.98 Å². The average Bonchev–Trinajstić information content (AvgIpc) is 2.46. The Bertz CT molecular complexity index is 367. The number of aliphatic hydroxyl groups excluding tert-OH is 1. The van der Waals surface area contributed by atoms with Crippen LogP contribution in [0.15, 0.2) is 18.3 Å². The van der Waals surface area contributed by atoms with Crippen molar-refractivity contribution in [3.8, 4) is 0 Å². The molecule has 1 aromatic heterocycles. The fraction of sp³-hybridized carbons (Fsp3) is 0.643. The zero-order valence-electron chi connectivity index (χ0n) is 11.2. The van der Waals surface area contributed by atoms with Gasteiger partial charge >= 0.3 is 0 Å². The lowest BCUT2D eigenvalue weighted by atomic mass is 10.1. The molecular weight excluding hydrogens is 228 g/mol. The Hall–Kier alpha value is -1.13. The van der Waals surface area contributed by atoms with Gasteiger partial charge < -0.3 is 14.7 Å². The summed E-state index contributed by atoms with van der Waals surface area (Å²) in [6, 6.07) is 3.96. The lowest BCUT2D eigenvalue weighted by Crippen LogP contribution is -2.39. The van der Waals surface area contributed by atoms with Crippen molar-refractivity contribution in [1.29, 1.82) is 0 Å². The van der Waals surface area contributed by atoms with Crippen LogP contribution in [0.5, 0.6) is 0 Å². The Labute approximate surface area is 109 Å². The van der Waals surface area contributed by atoms with Crippen molar-refractivity contribution in [3.63, 3.8) is 0 Å². The van der Waals surface area contributed by atoms with Gasteiger partial charge in [0.2, 0.25) is 0 Å². The van der Waals surface area contributed by atoms with Crippen LogP contribution in [0, 0.1) is 0 Å². The van der Waals surface area contributed by atoms with Gasteiger partial charge in [-0.25, -0.2) is 0 Å². The minimum atomic E-state index is -0.452. The zero-order chi connectivity index (χ0) is 13.0. The molecule has 4 heteroatoms. The number of hydrogen-bond donors (Lipinski definition) is 1. The largest absolute Gasteiger partial charge is 0.387 e. The van der Waals surface area contributed by atoms with E-state index in [0.717, 1.165) is 37.3 Å². The van der Waals surface area contributed by atoms with Gasteiger partial charge in [-0.1, -0.05) is 6.92 Å². The lowest BCUT2D eigenvalue weighted by molar-refractivity contribution is 0.0893. The molecule has 0 amide bonds. The minimum absolute atomic E-state index is 0.319. The van der Waals surface area contributed by atoms with Crippen molar-refractivity contribution in [3.05, 3.63) is 24.0 Å². The summed E-state index contributed by atoms with van der Waals surface area (Å²) < 4.78 is 5.42. The number of aromatic nitrogens is 1. The average molecular weight is 250 g/mol. The molecule has 0 aliphatic carbocycles. The molecule has 1 N–H and O–H groups in total. The highest BCUT2D eigenvalue weighted by Crippen LogP contribution is 2.22. The summed E-state index contributed by atoms with van der Waals surface area (Å²) in [6.45, 7) is 3.93. The smallest absolute Gasteiger partial charge is 0.0957 e. The molecule has 1 unspecified atom stereocenters. The van der Waals surface area contributed by atoms with E-state index >= 15 is 0 Å². The van der Waals surface area contributed by atoms with Crippen LogP contribution in [-0.4, -0.2) is 36.4 Å². The normalized spacial score (nSPS) is 21.9. The van der Waals surface area contributed by atoms with Crippen LogP contribution in [0.4, 0.5) is 5.69 Å². The molecule has 100 valence electrons. The van der Waals surface area contributed by atoms with Crippen molar-refractivity contribution in [2.24, 2.45) is 0 Å². The van der Waals surface area contributed by atoms with E-state index in [-0.39, 0.29) is 0 Å². The monoisotopic (exact) mass is 250 g/mol. The lowest BCUT2D eigenvalue weighted by Gasteiger charge is -2.33. The second kappa shape index (κ2) is 6.16. The first-order valence-electron chi connectivity index (χ1n) is 6.66. The molecule has 0 radical (unpaired) electrons. The third-order valence-electron chi connectivity index (χ3n) is 3.58. The maximum Gasteiger partial charge on any atom is 0.0957 e. The van der Waals surface area contributed by atoms with Crippen LogP contribution < -0.4 is 4.90 Å². The summed E-state index contributed by atoms with van der Waals surface area (Å²) in [7, 11) is 1.77. The van der Waals surface area contributed by atoms with Crippen LogP contribution in [0.1, 0.15) is 38.0 Å². The Morgan fingerprint density at radius 1 is 1.56 bits per heavy atom. The zero-order valence-corrected chi connectivity index (χ0v) is 11.2. The molecule has 18 heavy (non-hydrogen) atoms. The van der Waals surface area contributed by atoms with Crippen molar-refractivity contribution >= 4 is 5.69 Å². The van der Waals surface area contributed by atoms with Gasteiger partial charge in [-0.15, -0.1) is 0 Å². The Balaban J connectivity index is 2.04. The topological polar surface area (TPSA) is 45.6 Å². The molecule has 2 rings (SSSR count). The molecule has 0 bridgehead atoms. The standard InChI is InChI=1S/C14H22N2O2/c1-3-14(17)13-7-6-11(9-15-13)16-8-4-5-12(10-16)18-2/h6-7,9,12,14,17H,3-5,8,10H2,1-2H3/t12?,14-/m0/s1. The summed E-state index contributed by atoms with van der Waals surface area (Å²) in [5.74, 6) is 0. The third kappa shape index (κ3) is 3.00. The molecule has 1 aliphatic heterocycles. The Kier molecular flexibility index (Phi) is 4.55. The van der Waals surface area contributed by atoms with Crippen molar-refractivity contribution < 1.29 is 9.84 Å². The summed E-state index contributed by atoms with van der Waals surface area (Å²) in [5, 5.41) is 9.71. The summed E-state index contributed by atoms with van der Waals surface area (Å²) >= 11 is 0. The molecule has 1 fully saturated rings. The second-order valence-electron chi connectivity index (χ2n) is 4.81. The van der Waals surface area contributed by atoms with Gasteiger partial charge in [0.25, 0.3) is 0 Å². The highest BCUT2D eigenvalue weighted by atomic mass is 16.5. The molecule has 0 saturated carbocycles. The Morgan fingerprint density at radius 3 is 3.00 bits per heavy atom. The maximum absolute atomic E-state index is 9.71. The van der Waals surface area contributed by atoms with Gasteiger partial charge in [0.05, 0.1) is 29.8 Å². The highest BCUT2D eigenvalue weighted by Gasteiger charge is 2.20. The van der Waals surface area contributed by atoms with E-state index in [1.54, 1.807) is 7.11 Å². The predicted molar refractivity (Wildman–Crippen MR) is 71.7 cm³/mol. The SMILES string of the molecule is CC[C@H](O)c1ccc(N2CCCC(OC)C2)cn1. The first kappa shape index (κ1) is 13.3. The van der Waals surface area contributed by atoms with Crippen LogP contribution >= 0.6 is 0 Å². The van der Waals surface area contributed by atoms with E-state index in [2.05, 4.69) is 9.88 Å². The number of piperidine rings is 1. The van der Waals surface area contributed by atoms with E-state index in [1.807, 2.05) is 25.3 Å². The number of rotatable bonds is 4. The summed E-state index contributed by atoms with van der Waals surface area (Å²) in [4.78, 5) is 6.64. The van der Waals surface area contributed by atoms with Gasteiger partial charge in [-0.05, 0) is 31.4 Å². The number of methoxy groups -OCH3 is 1. The highest BCUT2D eigenvalue weighted by molar-refractivity contribution is 5.45. The number of nitrogens with zero attached hydrogens (tertiary/aromatic N) is 2. The first-order valence-corrected chi connectivity index (χ1v) is 6.66. The molecule has 1 aromatic rings. The minimum Gasteiger partial charge on any atom is -0.387 e. The molecule has 4 nitrogen and oxygen atoms in total. The van der Waals surface area contributed by atoms with Crippen LogP contribution in [0.25, 0.3) is 0 Å². The first-order chi connectivity index (χ1) is 8.74. The van der Waals surface area contributed by atoms with E-state index in [9.17, 15) is 5.11 Å². The molecule has 0 spiro atoms. The molecule has 2 heterocycles. The van der Waals surface area contributed by atoms with Gasteiger partial charge in [0, 0.05) is 20.2 Å². The fourth-order valence-electron chi connectivity index (χ4n) is 2.36. The third-order valence-corrected chi connectivity index (χ3v) is 3.58. The van der Waals surface area contributed by atoms with Crippen molar-refractivity contribution in [1.82, 2.24) is 4.98 Å². The van der Waals surface area contributed by atoms with Gasteiger partial charge in [0.1, 0.15) is 0 Å². The Morgan fingerprint density at radius 2 is 2.39 bits per heavy atom. The molecule has 2 atom stereocenters. The number of aliphatic hydroxyl groups is 1. The van der Waals surface area contributed by atoms with E-state index in [4.69, 9.17) is 4.74 Å². The van der Waals surface area contributed by atoms with E-state index < -0.39 is 6.10 Å². The van der Waals surface area contributed by atoms with Crippen molar-refractivity contribution in [2.75, 3.05) is 25.1 Å². The van der Waals surface area contributed by atoms with Gasteiger partial charge in [-0.2, -0.15) is 0 Å². The van der Waals surface area contributed by atoms with Crippen LogP contribution in [-0.2, 0) is 4.74 Å². The van der Waals surface area contributed by atoms with Crippen molar-refractivity contribution in [2.45, 2.75) is 38.4 Å². The number of hydrogen-bond acceptors (Lipinski definition) is 4. The predicted octanol–water partition coefficient (Wildman–Crippen LogP) is 2.14. The molecule has 0 aromatic carbocycles.